The van der Waals surface area contributed by atoms with Gasteiger partial charge in [0.05, 0.1) is 7.11 Å². The maximum absolute atomic E-state index is 13.3. The second-order valence-electron chi connectivity index (χ2n) is 3.77. The second kappa shape index (κ2) is 5.74. The number of methoxy groups -OCH3 is 1. The monoisotopic (exact) mass is 316 g/mol. The number of carbonyl (C=O) groups excluding carboxylic acids is 1. The van der Waals surface area contributed by atoms with E-state index in [1.165, 1.54) is 0 Å². The van der Waals surface area contributed by atoms with E-state index in [1.807, 2.05) is 0 Å². The van der Waals surface area contributed by atoms with Crippen molar-refractivity contribution in [2.75, 3.05) is 7.11 Å². The number of allylic oxidation sites excluding steroid dienone is 2. The van der Waals surface area contributed by atoms with E-state index < -0.39 is 41.2 Å². The van der Waals surface area contributed by atoms with E-state index in [0.717, 1.165) is 19.2 Å². The summed E-state index contributed by atoms with van der Waals surface area (Å²) in [4.78, 5) is 11.4. The Morgan fingerprint density at radius 1 is 1.10 bits per heavy atom. The predicted octanol–water partition coefficient (Wildman–Crippen LogP) is 4.07. The molecule has 0 aliphatic carbocycles. The molecular formula is C12H7F7O2. The van der Waals surface area contributed by atoms with Crippen molar-refractivity contribution >= 4 is 5.78 Å². The summed E-state index contributed by atoms with van der Waals surface area (Å²) in [7, 11) is 1.10. The van der Waals surface area contributed by atoms with Crippen molar-refractivity contribution in [1.82, 2.24) is 0 Å². The molecule has 0 fully saturated rings. The van der Waals surface area contributed by atoms with Crippen LogP contribution in [0.15, 0.2) is 29.8 Å². The van der Waals surface area contributed by atoms with Crippen molar-refractivity contribution < 1.29 is 40.3 Å². The van der Waals surface area contributed by atoms with Crippen LogP contribution in [0.1, 0.15) is 10.4 Å². The normalized spacial score (nSPS) is 12.0. The van der Waals surface area contributed by atoms with E-state index in [1.54, 1.807) is 0 Å². The standard InChI is InChI=1S/C12H7F7O2/c1-21-9-3-2-6(4-7(9)13)8(20)5-10(11(14,15)16)12(17,18)19/h2-5H,1H3. The molecule has 0 aliphatic heterocycles. The molecule has 1 aromatic rings. The third-order valence-electron chi connectivity index (χ3n) is 2.32. The second-order valence-corrected chi connectivity index (χ2v) is 3.77. The molecule has 0 bridgehead atoms. The molecule has 0 heterocycles. The van der Waals surface area contributed by atoms with Crippen LogP contribution in [0.25, 0.3) is 0 Å². The van der Waals surface area contributed by atoms with E-state index in [9.17, 15) is 35.5 Å². The Morgan fingerprint density at radius 3 is 2.00 bits per heavy atom. The van der Waals surface area contributed by atoms with Gasteiger partial charge < -0.3 is 4.74 Å². The van der Waals surface area contributed by atoms with Crippen LogP contribution in [-0.4, -0.2) is 25.2 Å². The minimum atomic E-state index is -5.75. The van der Waals surface area contributed by atoms with Gasteiger partial charge in [-0.15, -0.1) is 0 Å². The molecule has 0 spiro atoms. The first kappa shape index (κ1) is 17.0. The highest BCUT2D eigenvalue weighted by atomic mass is 19.4. The van der Waals surface area contributed by atoms with Gasteiger partial charge in [-0.2, -0.15) is 26.3 Å². The van der Waals surface area contributed by atoms with Crippen molar-refractivity contribution in [2.45, 2.75) is 12.4 Å². The lowest BCUT2D eigenvalue weighted by Crippen LogP contribution is -2.27. The summed E-state index contributed by atoms with van der Waals surface area (Å²) in [5, 5.41) is 0. The smallest absolute Gasteiger partial charge is 0.421 e. The quantitative estimate of drug-likeness (QED) is 0.477. The summed E-state index contributed by atoms with van der Waals surface area (Å²) in [5.74, 6) is -3.01. The van der Waals surface area contributed by atoms with E-state index in [0.29, 0.717) is 6.07 Å². The number of benzene rings is 1. The van der Waals surface area contributed by atoms with Gasteiger partial charge in [0.25, 0.3) is 0 Å². The highest BCUT2D eigenvalue weighted by Gasteiger charge is 2.51. The fourth-order valence-electron chi connectivity index (χ4n) is 1.36. The molecule has 0 amide bonds. The predicted molar refractivity (Wildman–Crippen MR) is 57.5 cm³/mol. The van der Waals surface area contributed by atoms with E-state index in [2.05, 4.69) is 4.74 Å². The van der Waals surface area contributed by atoms with Crippen molar-refractivity contribution in [3.63, 3.8) is 0 Å². The first-order valence-electron chi connectivity index (χ1n) is 5.20. The molecule has 9 heteroatoms. The Hall–Kier alpha value is -2.06. The molecule has 21 heavy (non-hydrogen) atoms. The number of ether oxygens (including phenoxy) is 1. The maximum atomic E-state index is 13.3. The molecule has 0 atom stereocenters. The minimum Gasteiger partial charge on any atom is -0.494 e. The molecule has 116 valence electrons. The van der Waals surface area contributed by atoms with Gasteiger partial charge in [-0.05, 0) is 18.2 Å². The lowest BCUT2D eigenvalue weighted by Gasteiger charge is -2.14. The molecule has 0 unspecified atom stereocenters. The number of carbonyl (C=O) groups is 1. The Kier molecular flexibility index (Phi) is 4.65. The average Bonchev–Trinajstić information content (AvgIpc) is 2.32. The van der Waals surface area contributed by atoms with Gasteiger partial charge in [-0.25, -0.2) is 4.39 Å². The summed E-state index contributed by atoms with van der Waals surface area (Å²) in [5.41, 5.74) is -3.63. The maximum Gasteiger partial charge on any atom is 0.421 e. The van der Waals surface area contributed by atoms with Crippen LogP contribution < -0.4 is 4.74 Å². The van der Waals surface area contributed by atoms with Crippen LogP contribution in [0, 0.1) is 5.82 Å². The largest absolute Gasteiger partial charge is 0.494 e. The van der Waals surface area contributed by atoms with E-state index in [4.69, 9.17) is 0 Å². The third kappa shape index (κ3) is 4.20. The van der Waals surface area contributed by atoms with Gasteiger partial charge in [0, 0.05) is 11.6 Å². The highest BCUT2D eigenvalue weighted by molar-refractivity contribution is 6.05. The van der Waals surface area contributed by atoms with E-state index in [-0.39, 0.29) is 5.75 Å². The van der Waals surface area contributed by atoms with Gasteiger partial charge in [-0.1, -0.05) is 0 Å². The minimum absolute atomic E-state index is 0.303. The average molecular weight is 316 g/mol. The first-order valence-corrected chi connectivity index (χ1v) is 5.20. The SMILES string of the molecule is COc1ccc(C(=O)C=C(C(F)(F)F)C(F)(F)F)cc1F. The molecule has 0 saturated carbocycles. The molecule has 2 nitrogen and oxygen atoms in total. The van der Waals surface area contributed by atoms with Gasteiger partial charge >= 0.3 is 12.4 Å². The molecule has 1 rings (SSSR count). The molecule has 0 aliphatic rings. The molecule has 0 N–H and O–H groups in total. The lowest BCUT2D eigenvalue weighted by atomic mass is 10.1. The summed E-state index contributed by atoms with van der Waals surface area (Å²) in [6.07, 6.45) is -12.1. The summed E-state index contributed by atoms with van der Waals surface area (Å²) in [6.45, 7) is 0. The highest BCUT2D eigenvalue weighted by Crippen LogP contribution is 2.38. The fourth-order valence-corrected chi connectivity index (χ4v) is 1.36. The number of hydrogen-bond acceptors (Lipinski definition) is 2. The van der Waals surface area contributed by atoms with Gasteiger partial charge in [0.15, 0.2) is 17.3 Å². The zero-order chi connectivity index (χ0) is 16.4. The van der Waals surface area contributed by atoms with Crippen molar-refractivity contribution in [3.8, 4) is 5.75 Å². The zero-order valence-electron chi connectivity index (χ0n) is 10.3. The van der Waals surface area contributed by atoms with Crippen LogP contribution in [0.2, 0.25) is 0 Å². The first-order chi connectivity index (χ1) is 9.46. The number of ketones is 1. The van der Waals surface area contributed by atoms with Crippen molar-refractivity contribution in [3.05, 3.63) is 41.2 Å². The van der Waals surface area contributed by atoms with Crippen molar-refractivity contribution in [2.24, 2.45) is 0 Å². The van der Waals surface area contributed by atoms with Crippen LogP contribution in [0.5, 0.6) is 5.75 Å². The van der Waals surface area contributed by atoms with Crippen LogP contribution >= 0.6 is 0 Å². The van der Waals surface area contributed by atoms with Crippen LogP contribution in [0.3, 0.4) is 0 Å². The number of rotatable bonds is 3. The van der Waals surface area contributed by atoms with E-state index >= 15 is 0 Å². The van der Waals surface area contributed by atoms with Crippen LogP contribution in [-0.2, 0) is 0 Å². The van der Waals surface area contributed by atoms with Gasteiger partial charge in [0.2, 0.25) is 0 Å². The zero-order valence-corrected chi connectivity index (χ0v) is 10.3. The number of halogens is 7. The topological polar surface area (TPSA) is 26.3 Å². The lowest BCUT2D eigenvalue weighted by molar-refractivity contribution is -0.171. The molecule has 1 aromatic carbocycles. The Bertz CT molecular complexity index is 554. The Morgan fingerprint density at radius 2 is 1.62 bits per heavy atom. The molecule has 0 radical (unpaired) electrons. The van der Waals surface area contributed by atoms with Gasteiger partial charge in [0.1, 0.15) is 5.57 Å². The molecule has 0 saturated heterocycles. The number of hydrogen-bond donors (Lipinski definition) is 0. The summed E-state index contributed by atoms with van der Waals surface area (Å²) >= 11 is 0. The van der Waals surface area contributed by atoms with Gasteiger partial charge in [-0.3, -0.25) is 4.79 Å². The Balaban J connectivity index is 3.23. The fraction of sp³-hybridized carbons (Fsp3) is 0.250. The van der Waals surface area contributed by atoms with Crippen LogP contribution in [0.4, 0.5) is 30.7 Å². The molecular weight excluding hydrogens is 309 g/mol. The molecule has 0 aromatic heterocycles. The summed E-state index contributed by atoms with van der Waals surface area (Å²) in [6, 6.07) is 2.25. The van der Waals surface area contributed by atoms with Crippen molar-refractivity contribution in [1.29, 1.82) is 0 Å². The summed E-state index contributed by atoms with van der Waals surface area (Å²) < 4.78 is 91.3. The number of alkyl halides is 6. The Labute approximate surface area is 113 Å². The third-order valence-corrected chi connectivity index (χ3v) is 2.32.